The topological polar surface area (TPSA) is 53.5 Å². The molecule has 5 nitrogen and oxygen atoms in total. The predicted molar refractivity (Wildman–Crippen MR) is 105 cm³/mol. The molecular weight excluding hydrogens is 404 g/mol. The van der Waals surface area contributed by atoms with Crippen molar-refractivity contribution in [1.29, 1.82) is 0 Å². The third-order valence-corrected chi connectivity index (χ3v) is 5.83. The molecule has 146 valence electrons. The molecule has 0 N–H and O–H groups in total. The molecule has 1 aliphatic carbocycles. The number of rotatable bonds is 4. The zero-order chi connectivity index (χ0) is 19.8. The van der Waals surface area contributed by atoms with E-state index in [1.54, 1.807) is 17.0 Å². The Morgan fingerprint density at radius 2 is 1.82 bits per heavy atom. The molecule has 4 rings (SSSR count). The molecule has 1 aromatic carbocycles. The minimum absolute atomic E-state index is 0.0712. The molecule has 2 fully saturated rings. The van der Waals surface area contributed by atoms with Gasteiger partial charge in [0.05, 0.1) is 5.02 Å². The smallest absolute Gasteiger partial charge is 0.251 e. The van der Waals surface area contributed by atoms with E-state index in [4.69, 9.17) is 23.2 Å². The first-order valence-electron chi connectivity index (χ1n) is 9.10. The highest BCUT2D eigenvalue weighted by Crippen LogP contribution is 2.37. The van der Waals surface area contributed by atoms with Gasteiger partial charge in [0.1, 0.15) is 12.6 Å². The van der Waals surface area contributed by atoms with Gasteiger partial charge in [-0.05, 0) is 42.5 Å². The standard InChI is InChI=1S/C20H18Cl2FN3O2/c21-14-6-4-12(5-7-14)10-25-17(27)11-26(19-16(23)8-15(22)9-24-19)20(28)18(25)13-2-1-3-13/h4-9,13,18H,1-3,10-11H2/t18-/m0/s1. The molecule has 1 aliphatic heterocycles. The summed E-state index contributed by atoms with van der Waals surface area (Å²) in [5, 5.41) is 0.743. The van der Waals surface area contributed by atoms with E-state index in [1.165, 1.54) is 6.20 Å². The molecule has 0 unspecified atom stereocenters. The number of aromatic nitrogens is 1. The van der Waals surface area contributed by atoms with Gasteiger partial charge in [0.15, 0.2) is 11.6 Å². The molecule has 1 aromatic heterocycles. The van der Waals surface area contributed by atoms with Crippen LogP contribution in [-0.4, -0.2) is 34.3 Å². The van der Waals surface area contributed by atoms with E-state index >= 15 is 0 Å². The first-order chi connectivity index (χ1) is 13.4. The molecule has 2 aliphatic rings. The third kappa shape index (κ3) is 3.59. The van der Waals surface area contributed by atoms with Gasteiger partial charge in [0, 0.05) is 17.8 Å². The Kier molecular flexibility index (Phi) is 5.25. The van der Waals surface area contributed by atoms with Crippen LogP contribution in [0.1, 0.15) is 24.8 Å². The number of piperazine rings is 1. The van der Waals surface area contributed by atoms with Crippen molar-refractivity contribution in [3.05, 3.63) is 58.0 Å². The van der Waals surface area contributed by atoms with Gasteiger partial charge in [-0.25, -0.2) is 9.37 Å². The Morgan fingerprint density at radius 1 is 1.11 bits per heavy atom. The Balaban J connectivity index is 1.65. The molecule has 1 saturated carbocycles. The first kappa shape index (κ1) is 19.2. The van der Waals surface area contributed by atoms with Crippen molar-refractivity contribution in [2.45, 2.75) is 31.8 Å². The van der Waals surface area contributed by atoms with Crippen molar-refractivity contribution in [3.8, 4) is 0 Å². The highest BCUT2D eigenvalue weighted by Gasteiger charge is 2.46. The van der Waals surface area contributed by atoms with Gasteiger partial charge in [-0.1, -0.05) is 41.8 Å². The van der Waals surface area contributed by atoms with Crippen molar-refractivity contribution in [2.24, 2.45) is 5.92 Å². The molecule has 2 amide bonds. The van der Waals surface area contributed by atoms with Crippen LogP contribution in [0.15, 0.2) is 36.5 Å². The highest BCUT2D eigenvalue weighted by molar-refractivity contribution is 6.30. The Hall–Kier alpha value is -2.18. The van der Waals surface area contributed by atoms with E-state index in [2.05, 4.69) is 4.98 Å². The number of carbonyl (C=O) groups excluding carboxylic acids is 2. The van der Waals surface area contributed by atoms with E-state index in [0.29, 0.717) is 11.6 Å². The number of benzene rings is 1. The maximum atomic E-state index is 14.4. The Bertz CT molecular complexity index is 918. The van der Waals surface area contributed by atoms with E-state index in [1.807, 2.05) is 12.1 Å². The second kappa shape index (κ2) is 7.68. The van der Waals surface area contributed by atoms with E-state index in [9.17, 15) is 14.0 Å². The minimum Gasteiger partial charge on any atom is -0.324 e. The molecule has 8 heteroatoms. The van der Waals surface area contributed by atoms with Crippen molar-refractivity contribution in [2.75, 3.05) is 11.4 Å². The normalized spacial score (nSPS) is 20.5. The number of hydrogen-bond donors (Lipinski definition) is 0. The number of amides is 2. The summed E-state index contributed by atoms with van der Waals surface area (Å²) >= 11 is 11.7. The van der Waals surface area contributed by atoms with E-state index in [0.717, 1.165) is 35.8 Å². The molecule has 2 heterocycles. The van der Waals surface area contributed by atoms with Crippen molar-refractivity contribution in [3.63, 3.8) is 0 Å². The lowest BCUT2D eigenvalue weighted by molar-refractivity contribution is -0.147. The zero-order valence-corrected chi connectivity index (χ0v) is 16.5. The quantitative estimate of drug-likeness (QED) is 0.747. The number of hydrogen-bond acceptors (Lipinski definition) is 3. The number of carbonyl (C=O) groups is 2. The van der Waals surface area contributed by atoms with Gasteiger partial charge in [-0.15, -0.1) is 0 Å². The number of anilines is 1. The van der Waals surface area contributed by atoms with Gasteiger partial charge in [-0.2, -0.15) is 0 Å². The molecule has 0 bridgehead atoms. The summed E-state index contributed by atoms with van der Waals surface area (Å²) in [7, 11) is 0. The molecule has 1 saturated heterocycles. The number of pyridine rings is 1. The van der Waals surface area contributed by atoms with Crippen LogP contribution in [0.2, 0.25) is 10.0 Å². The average Bonchev–Trinajstić information content (AvgIpc) is 2.61. The van der Waals surface area contributed by atoms with Crippen LogP contribution in [0.3, 0.4) is 0 Å². The Labute approximate surface area is 172 Å². The van der Waals surface area contributed by atoms with Crippen LogP contribution >= 0.6 is 23.2 Å². The summed E-state index contributed by atoms with van der Waals surface area (Å²) in [6.45, 7) is 0.0640. The summed E-state index contributed by atoms with van der Waals surface area (Å²) in [4.78, 5) is 32.9. The molecule has 0 spiro atoms. The van der Waals surface area contributed by atoms with Crippen LogP contribution in [0.5, 0.6) is 0 Å². The summed E-state index contributed by atoms with van der Waals surface area (Å²) in [5.74, 6) is -1.33. The van der Waals surface area contributed by atoms with Gasteiger partial charge in [0.2, 0.25) is 5.91 Å². The first-order valence-corrected chi connectivity index (χ1v) is 9.86. The van der Waals surface area contributed by atoms with Gasteiger partial charge < -0.3 is 4.90 Å². The lowest BCUT2D eigenvalue weighted by Gasteiger charge is -2.45. The maximum absolute atomic E-state index is 14.4. The van der Waals surface area contributed by atoms with Crippen LogP contribution in [0.4, 0.5) is 10.2 Å². The second-order valence-corrected chi connectivity index (χ2v) is 8.04. The fraction of sp³-hybridized carbons (Fsp3) is 0.350. The van der Waals surface area contributed by atoms with E-state index < -0.39 is 11.9 Å². The maximum Gasteiger partial charge on any atom is 0.251 e. The van der Waals surface area contributed by atoms with Crippen LogP contribution < -0.4 is 4.90 Å². The lowest BCUT2D eigenvalue weighted by Crippen LogP contribution is -2.63. The fourth-order valence-electron chi connectivity index (χ4n) is 3.72. The molecule has 28 heavy (non-hydrogen) atoms. The SMILES string of the molecule is O=C1[C@H](C2CCC2)N(Cc2ccc(Cl)cc2)C(=O)CN1c1ncc(Cl)cc1F. The highest BCUT2D eigenvalue weighted by atomic mass is 35.5. The van der Waals surface area contributed by atoms with Gasteiger partial charge in [-0.3, -0.25) is 14.5 Å². The van der Waals surface area contributed by atoms with Crippen LogP contribution in [0, 0.1) is 11.7 Å². The average molecular weight is 422 g/mol. The van der Waals surface area contributed by atoms with Crippen molar-refractivity contribution >= 4 is 40.8 Å². The molecule has 0 radical (unpaired) electrons. The monoisotopic (exact) mass is 421 g/mol. The van der Waals surface area contributed by atoms with Crippen molar-refractivity contribution < 1.29 is 14.0 Å². The predicted octanol–water partition coefficient (Wildman–Crippen LogP) is 4.07. The van der Waals surface area contributed by atoms with Crippen LogP contribution in [-0.2, 0) is 16.1 Å². The minimum atomic E-state index is -0.716. The number of nitrogens with zero attached hydrogens (tertiary/aromatic N) is 3. The summed E-state index contributed by atoms with van der Waals surface area (Å²) in [6, 6.07) is 7.66. The summed E-state index contributed by atoms with van der Waals surface area (Å²) in [5.41, 5.74) is 0.888. The van der Waals surface area contributed by atoms with Crippen molar-refractivity contribution in [1.82, 2.24) is 9.88 Å². The largest absolute Gasteiger partial charge is 0.324 e. The van der Waals surface area contributed by atoms with E-state index in [-0.39, 0.29) is 35.1 Å². The van der Waals surface area contributed by atoms with Gasteiger partial charge >= 0.3 is 0 Å². The zero-order valence-electron chi connectivity index (χ0n) is 14.9. The third-order valence-electron chi connectivity index (χ3n) is 5.38. The molecule has 1 atom stereocenters. The fourth-order valence-corrected chi connectivity index (χ4v) is 3.99. The lowest BCUT2D eigenvalue weighted by atomic mass is 9.77. The summed E-state index contributed by atoms with van der Waals surface area (Å²) in [6.07, 6.45) is 4.03. The molecule has 2 aromatic rings. The Morgan fingerprint density at radius 3 is 2.43 bits per heavy atom. The number of halogens is 3. The summed E-state index contributed by atoms with van der Waals surface area (Å²) < 4.78 is 14.4. The van der Waals surface area contributed by atoms with Gasteiger partial charge in [0.25, 0.3) is 5.91 Å². The second-order valence-electron chi connectivity index (χ2n) is 7.17. The van der Waals surface area contributed by atoms with Crippen LogP contribution in [0.25, 0.3) is 0 Å². The molecular formula is C20H18Cl2FN3O2.